The van der Waals surface area contributed by atoms with Gasteiger partial charge in [0.2, 0.25) is 0 Å². The van der Waals surface area contributed by atoms with Crippen LogP contribution in [0.15, 0.2) is 0 Å². The SMILES string of the molecule is CCCC1CCC(C2CCC(C3CC(F)C(OC(C)CCC)C(F)C3)CC2)CC1. The molecular weight excluding hydrogens is 366 g/mol. The first-order chi connectivity index (χ1) is 14.0. The fourth-order valence-electron chi connectivity index (χ4n) is 6.91. The highest BCUT2D eigenvalue weighted by molar-refractivity contribution is 4.92. The van der Waals surface area contributed by atoms with E-state index in [0.717, 1.165) is 30.6 Å². The van der Waals surface area contributed by atoms with Crippen LogP contribution in [0.4, 0.5) is 8.78 Å². The molecule has 1 nitrogen and oxygen atoms in total. The third-order valence-electron chi connectivity index (χ3n) is 8.59. The summed E-state index contributed by atoms with van der Waals surface area (Å²) in [5, 5.41) is 0. The topological polar surface area (TPSA) is 9.23 Å². The molecule has 3 saturated carbocycles. The Balaban J connectivity index is 1.42. The second kappa shape index (κ2) is 11.4. The average molecular weight is 413 g/mol. The Morgan fingerprint density at radius 1 is 0.724 bits per heavy atom. The van der Waals surface area contributed by atoms with Gasteiger partial charge in [-0.25, -0.2) is 8.78 Å². The Morgan fingerprint density at radius 2 is 1.21 bits per heavy atom. The van der Waals surface area contributed by atoms with Crippen molar-refractivity contribution in [1.82, 2.24) is 0 Å². The molecule has 0 aromatic carbocycles. The van der Waals surface area contributed by atoms with Crippen molar-refractivity contribution in [1.29, 1.82) is 0 Å². The summed E-state index contributed by atoms with van der Waals surface area (Å²) in [5.41, 5.74) is 0. The minimum atomic E-state index is -1.13. The molecule has 3 atom stereocenters. The van der Waals surface area contributed by atoms with Crippen LogP contribution in [0.1, 0.15) is 111 Å². The van der Waals surface area contributed by atoms with Crippen molar-refractivity contribution in [2.75, 3.05) is 0 Å². The third-order valence-corrected chi connectivity index (χ3v) is 8.59. The molecule has 170 valence electrons. The monoisotopic (exact) mass is 412 g/mol. The molecule has 3 unspecified atom stereocenters. The predicted octanol–water partition coefficient (Wildman–Crippen LogP) is 8.06. The fourth-order valence-corrected chi connectivity index (χ4v) is 6.91. The van der Waals surface area contributed by atoms with E-state index in [4.69, 9.17) is 4.74 Å². The maximum absolute atomic E-state index is 14.8. The van der Waals surface area contributed by atoms with Gasteiger partial charge in [-0.3, -0.25) is 0 Å². The molecule has 3 rings (SSSR count). The highest BCUT2D eigenvalue weighted by atomic mass is 19.1. The van der Waals surface area contributed by atoms with Crippen molar-refractivity contribution >= 4 is 0 Å². The van der Waals surface area contributed by atoms with Crippen LogP contribution in [0.2, 0.25) is 0 Å². The molecule has 0 aromatic heterocycles. The lowest BCUT2D eigenvalue weighted by molar-refractivity contribution is -0.117. The summed E-state index contributed by atoms with van der Waals surface area (Å²) in [6, 6.07) is 0. The van der Waals surface area contributed by atoms with Gasteiger partial charge in [-0.05, 0) is 94.3 Å². The van der Waals surface area contributed by atoms with E-state index in [1.54, 1.807) is 0 Å². The highest BCUT2D eigenvalue weighted by Crippen LogP contribution is 2.46. The highest BCUT2D eigenvalue weighted by Gasteiger charge is 2.43. The van der Waals surface area contributed by atoms with Crippen molar-refractivity contribution in [2.45, 2.75) is 135 Å². The summed E-state index contributed by atoms with van der Waals surface area (Å²) >= 11 is 0. The molecule has 3 fully saturated rings. The summed E-state index contributed by atoms with van der Waals surface area (Å²) in [6.45, 7) is 6.35. The first-order valence-electron chi connectivity index (χ1n) is 12.9. The minimum Gasteiger partial charge on any atom is -0.369 e. The van der Waals surface area contributed by atoms with E-state index in [-0.39, 0.29) is 12.0 Å². The van der Waals surface area contributed by atoms with Crippen LogP contribution in [0, 0.1) is 29.6 Å². The summed E-state index contributed by atoms with van der Waals surface area (Å²) < 4.78 is 35.4. The Labute approximate surface area is 178 Å². The maximum Gasteiger partial charge on any atom is 0.129 e. The summed E-state index contributed by atoms with van der Waals surface area (Å²) in [4.78, 5) is 0. The molecule has 0 spiro atoms. The van der Waals surface area contributed by atoms with Crippen LogP contribution in [0.3, 0.4) is 0 Å². The van der Waals surface area contributed by atoms with Gasteiger partial charge in [0.25, 0.3) is 0 Å². The number of alkyl halides is 2. The van der Waals surface area contributed by atoms with Crippen LogP contribution in [0.25, 0.3) is 0 Å². The largest absolute Gasteiger partial charge is 0.369 e. The van der Waals surface area contributed by atoms with E-state index in [1.807, 2.05) is 6.92 Å². The molecule has 3 aliphatic carbocycles. The van der Waals surface area contributed by atoms with Gasteiger partial charge in [0.05, 0.1) is 6.10 Å². The average Bonchev–Trinajstić information content (AvgIpc) is 2.72. The van der Waals surface area contributed by atoms with E-state index >= 15 is 0 Å². The van der Waals surface area contributed by atoms with Gasteiger partial charge in [0, 0.05) is 0 Å². The first-order valence-corrected chi connectivity index (χ1v) is 12.9. The lowest BCUT2D eigenvalue weighted by Gasteiger charge is -2.43. The zero-order valence-corrected chi connectivity index (χ0v) is 19.3. The molecule has 0 saturated heterocycles. The quantitative estimate of drug-likeness (QED) is 0.392. The van der Waals surface area contributed by atoms with Gasteiger partial charge in [0.1, 0.15) is 18.4 Å². The molecule has 0 amide bonds. The second-order valence-electron chi connectivity index (χ2n) is 10.7. The third kappa shape index (κ3) is 6.40. The Kier molecular flexibility index (Phi) is 9.27. The van der Waals surface area contributed by atoms with Crippen LogP contribution in [0.5, 0.6) is 0 Å². The molecule has 3 aliphatic rings. The fraction of sp³-hybridized carbons (Fsp3) is 1.00. The zero-order chi connectivity index (χ0) is 20.8. The summed E-state index contributed by atoms with van der Waals surface area (Å²) in [7, 11) is 0. The summed E-state index contributed by atoms with van der Waals surface area (Å²) in [6.07, 6.45) is 13.2. The van der Waals surface area contributed by atoms with E-state index in [0.29, 0.717) is 18.8 Å². The molecule has 0 aromatic rings. The minimum absolute atomic E-state index is 0.0408. The van der Waals surface area contributed by atoms with Crippen molar-refractivity contribution in [2.24, 2.45) is 29.6 Å². The molecule has 29 heavy (non-hydrogen) atoms. The lowest BCUT2D eigenvalue weighted by atomic mass is 9.65. The summed E-state index contributed by atoms with van der Waals surface area (Å²) in [5.74, 6) is 3.55. The van der Waals surface area contributed by atoms with Gasteiger partial charge in [-0.15, -0.1) is 0 Å². The van der Waals surface area contributed by atoms with E-state index in [2.05, 4.69) is 13.8 Å². The molecule has 0 radical (unpaired) electrons. The van der Waals surface area contributed by atoms with Gasteiger partial charge in [-0.1, -0.05) is 46.0 Å². The second-order valence-corrected chi connectivity index (χ2v) is 10.7. The number of rotatable bonds is 8. The van der Waals surface area contributed by atoms with Crippen LogP contribution in [-0.4, -0.2) is 24.6 Å². The van der Waals surface area contributed by atoms with Gasteiger partial charge in [-0.2, -0.15) is 0 Å². The van der Waals surface area contributed by atoms with Crippen LogP contribution >= 0.6 is 0 Å². The van der Waals surface area contributed by atoms with Crippen molar-refractivity contribution in [3.63, 3.8) is 0 Å². The zero-order valence-electron chi connectivity index (χ0n) is 19.3. The lowest BCUT2D eigenvalue weighted by Crippen LogP contribution is -2.45. The smallest absolute Gasteiger partial charge is 0.129 e. The van der Waals surface area contributed by atoms with Gasteiger partial charge < -0.3 is 4.74 Å². The number of ether oxygens (including phenoxy) is 1. The standard InChI is InChI=1S/C26H46F2O/c1-4-6-18(3)29-26-24(27)16-23(17-25(26)28)22-14-12-21(13-15-22)20-10-8-19(7-5-2)9-11-20/h18-26H,4-17H2,1-3H3. The number of hydrogen-bond acceptors (Lipinski definition) is 1. The van der Waals surface area contributed by atoms with Crippen LogP contribution < -0.4 is 0 Å². The van der Waals surface area contributed by atoms with E-state index < -0.39 is 18.4 Å². The number of hydrogen-bond donors (Lipinski definition) is 0. The molecule has 0 bridgehead atoms. The first kappa shape index (κ1) is 23.5. The van der Waals surface area contributed by atoms with Crippen molar-refractivity contribution in [3.05, 3.63) is 0 Å². The maximum atomic E-state index is 14.8. The van der Waals surface area contributed by atoms with E-state index in [9.17, 15) is 8.78 Å². The van der Waals surface area contributed by atoms with Crippen molar-refractivity contribution in [3.8, 4) is 0 Å². The predicted molar refractivity (Wildman–Crippen MR) is 118 cm³/mol. The van der Waals surface area contributed by atoms with Gasteiger partial charge in [0.15, 0.2) is 0 Å². The molecular formula is C26H46F2O. The van der Waals surface area contributed by atoms with Gasteiger partial charge >= 0.3 is 0 Å². The Bertz CT molecular complexity index is 442. The molecule has 3 heteroatoms. The normalized spacial score (nSPS) is 42.5. The van der Waals surface area contributed by atoms with E-state index in [1.165, 1.54) is 64.2 Å². The Morgan fingerprint density at radius 3 is 1.69 bits per heavy atom. The number of halogens is 2. The Hall–Kier alpha value is -0.180. The van der Waals surface area contributed by atoms with Crippen LogP contribution in [-0.2, 0) is 4.74 Å². The molecule has 0 heterocycles. The molecule has 0 aliphatic heterocycles. The van der Waals surface area contributed by atoms with Crippen molar-refractivity contribution < 1.29 is 13.5 Å². The molecule has 0 N–H and O–H groups in total.